The van der Waals surface area contributed by atoms with Crippen molar-refractivity contribution in [2.75, 3.05) is 13.6 Å². The maximum absolute atomic E-state index is 13.8. The highest BCUT2D eigenvalue weighted by molar-refractivity contribution is 5.94. The van der Waals surface area contributed by atoms with Crippen LogP contribution in [0.2, 0.25) is 0 Å². The van der Waals surface area contributed by atoms with E-state index >= 15 is 0 Å². The van der Waals surface area contributed by atoms with Crippen molar-refractivity contribution in [3.63, 3.8) is 0 Å². The van der Waals surface area contributed by atoms with Crippen LogP contribution in [0.15, 0.2) is 24.3 Å². The third kappa shape index (κ3) is 3.66. The minimum atomic E-state index is -1.14. The second kappa shape index (κ2) is 5.86. The third-order valence-electron chi connectivity index (χ3n) is 3.23. The highest BCUT2D eigenvalue weighted by Crippen LogP contribution is 2.29. The average Bonchev–Trinajstić information content (AvgIpc) is 3.20. The van der Waals surface area contributed by atoms with Crippen LogP contribution in [0.25, 0.3) is 6.08 Å². The predicted molar refractivity (Wildman–Crippen MR) is 72.8 cm³/mol. The average molecular weight is 277 g/mol. The molecule has 0 bridgehead atoms. The van der Waals surface area contributed by atoms with Gasteiger partial charge in [-0.15, -0.1) is 0 Å². The van der Waals surface area contributed by atoms with Crippen molar-refractivity contribution >= 4 is 18.0 Å². The first kappa shape index (κ1) is 14.2. The number of rotatable bonds is 5. The molecular weight excluding hydrogens is 261 g/mol. The number of nitrogens with zero attached hydrogens (tertiary/aromatic N) is 1. The van der Waals surface area contributed by atoms with E-state index in [9.17, 15) is 14.0 Å². The molecule has 1 aliphatic carbocycles. The van der Waals surface area contributed by atoms with Crippen LogP contribution in [-0.4, -0.2) is 35.5 Å². The second-order valence-electron chi connectivity index (χ2n) is 5.04. The molecule has 1 fully saturated rings. The van der Waals surface area contributed by atoms with Gasteiger partial charge in [0, 0.05) is 30.8 Å². The number of benzene rings is 1. The van der Waals surface area contributed by atoms with Crippen molar-refractivity contribution in [3.8, 4) is 0 Å². The lowest BCUT2D eigenvalue weighted by molar-refractivity contribution is -0.131. The minimum absolute atomic E-state index is 0.147. The van der Waals surface area contributed by atoms with Crippen LogP contribution in [0.3, 0.4) is 0 Å². The Morgan fingerprint density at radius 2 is 2.15 bits per heavy atom. The lowest BCUT2D eigenvalue weighted by Gasteiger charge is -2.17. The summed E-state index contributed by atoms with van der Waals surface area (Å²) in [5.41, 5.74) is 0.423. The van der Waals surface area contributed by atoms with E-state index in [1.54, 1.807) is 11.9 Å². The van der Waals surface area contributed by atoms with Crippen LogP contribution in [0.4, 0.5) is 4.39 Å². The van der Waals surface area contributed by atoms with Crippen molar-refractivity contribution in [1.82, 2.24) is 4.90 Å². The maximum Gasteiger partial charge on any atom is 0.328 e. The molecule has 4 nitrogen and oxygen atoms in total. The molecule has 1 aromatic rings. The van der Waals surface area contributed by atoms with E-state index < -0.39 is 11.8 Å². The summed E-state index contributed by atoms with van der Waals surface area (Å²) in [5, 5.41) is 8.50. The summed E-state index contributed by atoms with van der Waals surface area (Å²) in [6, 6.07) is 4.07. The van der Waals surface area contributed by atoms with Crippen molar-refractivity contribution in [3.05, 3.63) is 41.2 Å². The van der Waals surface area contributed by atoms with E-state index in [1.165, 1.54) is 18.2 Å². The predicted octanol–water partition coefficient (Wildman–Crippen LogP) is 2.41. The van der Waals surface area contributed by atoms with Gasteiger partial charge in [0.15, 0.2) is 0 Å². The lowest BCUT2D eigenvalue weighted by atomic mass is 10.1. The van der Waals surface area contributed by atoms with Crippen molar-refractivity contribution < 1.29 is 19.1 Å². The zero-order valence-electron chi connectivity index (χ0n) is 11.2. The molecule has 5 heteroatoms. The molecule has 1 aliphatic rings. The highest BCUT2D eigenvalue weighted by Gasteiger charge is 2.25. The first-order chi connectivity index (χ1) is 9.47. The van der Waals surface area contributed by atoms with E-state index in [0.717, 1.165) is 25.0 Å². The molecule has 0 spiro atoms. The molecule has 1 aromatic carbocycles. The molecule has 0 saturated heterocycles. The molecule has 0 unspecified atom stereocenters. The van der Waals surface area contributed by atoms with Crippen molar-refractivity contribution in [2.24, 2.45) is 5.92 Å². The van der Waals surface area contributed by atoms with Gasteiger partial charge < -0.3 is 10.0 Å². The van der Waals surface area contributed by atoms with Gasteiger partial charge in [0.2, 0.25) is 0 Å². The molecule has 2 rings (SSSR count). The third-order valence-corrected chi connectivity index (χ3v) is 3.23. The number of carbonyl (C=O) groups is 2. The summed E-state index contributed by atoms with van der Waals surface area (Å²) in [6.45, 7) is 0.696. The van der Waals surface area contributed by atoms with Crippen LogP contribution >= 0.6 is 0 Å². The topological polar surface area (TPSA) is 57.6 Å². The molecule has 1 saturated carbocycles. The lowest BCUT2D eigenvalue weighted by Crippen LogP contribution is -2.28. The zero-order valence-corrected chi connectivity index (χ0v) is 11.2. The maximum atomic E-state index is 13.8. The quantitative estimate of drug-likeness (QED) is 0.841. The molecule has 0 heterocycles. The smallest absolute Gasteiger partial charge is 0.328 e. The fourth-order valence-corrected chi connectivity index (χ4v) is 1.95. The van der Waals surface area contributed by atoms with Crippen LogP contribution in [0, 0.1) is 11.7 Å². The van der Waals surface area contributed by atoms with Crippen molar-refractivity contribution in [2.45, 2.75) is 12.8 Å². The van der Waals surface area contributed by atoms with Crippen LogP contribution < -0.4 is 0 Å². The fourth-order valence-electron chi connectivity index (χ4n) is 1.95. The summed E-state index contributed by atoms with van der Waals surface area (Å²) in [6.07, 6.45) is 4.31. The molecule has 106 valence electrons. The molecule has 0 aromatic heterocycles. The largest absolute Gasteiger partial charge is 0.478 e. The highest BCUT2D eigenvalue weighted by atomic mass is 19.1. The van der Waals surface area contributed by atoms with E-state index in [4.69, 9.17) is 5.11 Å². The van der Waals surface area contributed by atoms with Gasteiger partial charge in [-0.25, -0.2) is 9.18 Å². The standard InChI is InChI=1S/C15H16FNO3/c1-17(9-10-2-3-10)15(20)12-5-4-11(13(16)8-12)6-7-14(18)19/h4-8,10H,2-3,9H2,1H3,(H,18,19). The van der Waals surface area contributed by atoms with Gasteiger partial charge in [0.05, 0.1) is 0 Å². The molecule has 20 heavy (non-hydrogen) atoms. The number of carboxylic acid groups (broad SMARTS) is 1. The van der Waals surface area contributed by atoms with E-state index in [2.05, 4.69) is 0 Å². The van der Waals surface area contributed by atoms with Gasteiger partial charge >= 0.3 is 5.97 Å². The van der Waals surface area contributed by atoms with Gasteiger partial charge in [-0.05, 0) is 37.0 Å². The molecule has 1 N–H and O–H groups in total. The Balaban J connectivity index is 2.11. The Labute approximate surface area is 116 Å². The second-order valence-corrected chi connectivity index (χ2v) is 5.04. The summed E-state index contributed by atoms with van der Waals surface area (Å²) in [4.78, 5) is 24.1. The van der Waals surface area contributed by atoms with E-state index in [-0.39, 0.29) is 17.0 Å². The summed E-state index contributed by atoms with van der Waals surface area (Å²) < 4.78 is 13.8. The van der Waals surface area contributed by atoms with Gasteiger partial charge in [-0.2, -0.15) is 0 Å². The van der Waals surface area contributed by atoms with Gasteiger partial charge in [-0.1, -0.05) is 6.07 Å². The van der Waals surface area contributed by atoms with Crippen molar-refractivity contribution in [1.29, 1.82) is 0 Å². The SMILES string of the molecule is CN(CC1CC1)C(=O)c1ccc(C=CC(=O)O)c(F)c1. The normalized spacial score (nSPS) is 14.5. The van der Waals surface area contributed by atoms with E-state index in [1.807, 2.05) is 0 Å². The fraction of sp³-hybridized carbons (Fsp3) is 0.333. The Morgan fingerprint density at radius 1 is 1.45 bits per heavy atom. The Hall–Kier alpha value is -2.17. The zero-order chi connectivity index (χ0) is 14.7. The number of hydrogen-bond acceptors (Lipinski definition) is 2. The number of amides is 1. The number of halogens is 1. The minimum Gasteiger partial charge on any atom is -0.478 e. The van der Waals surface area contributed by atoms with Crippen LogP contribution in [0.1, 0.15) is 28.8 Å². The number of carbonyl (C=O) groups excluding carboxylic acids is 1. The number of hydrogen-bond donors (Lipinski definition) is 1. The summed E-state index contributed by atoms with van der Waals surface area (Å²) in [7, 11) is 1.71. The summed E-state index contributed by atoms with van der Waals surface area (Å²) >= 11 is 0. The molecule has 1 amide bonds. The van der Waals surface area contributed by atoms with Gasteiger partial charge in [0.1, 0.15) is 5.82 Å². The molecular formula is C15H16FNO3. The number of aliphatic carboxylic acids is 1. The molecule has 0 aliphatic heterocycles. The first-order valence-corrected chi connectivity index (χ1v) is 6.43. The van der Waals surface area contributed by atoms with E-state index in [0.29, 0.717) is 12.5 Å². The Morgan fingerprint density at radius 3 is 2.70 bits per heavy atom. The first-order valence-electron chi connectivity index (χ1n) is 6.43. The summed E-state index contributed by atoms with van der Waals surface area (Å²) in [5.74, 6) is -1.39. The van der Waals surface area contributed by atoms with Crippen LogP contribution in [0.5, 0.6) is 0 Å². The Bertz CT molecular complexity index is 564. The molecule has 0 atom stereocenters. The Kier molecular flexibility index (Phi) is 4.17. The van der Waals surface area contributed by atoms with Gasteiger partial charge in [0.25, 0.3) is 5.91 Å². The number of carboxylic acids is 1. The van der Waals surface area contributed by atoms with Gasteiger partial charge in [-0.3, -0.25) is 4.79 Å². The van der Waals surface area contributed by atoms with Crippen LogP contribution in [-0.2, 0) is 4.79 Å². The monoisotopic (exact) mass is 277 g/mol. The molecule has 0 radical (unpaired) electrons.